The second-order valence-electron chi connectivity index (χ2n) is 7.60. The molecule has 0 bridgehead atoms. The molecule has 120 valence electrons. The lowest BCUT2D eigenvalue weighted by molar-refractivity contribution is 0.418. The smallest absolute Gasteiger partial charge is 0.00749 e. The van der Waals surface area contributed by atoms with Crippen molar-refractivity contribution in [1.82, 2.24) is 10.2 Å². The molecule has 3 fully saturated rings. The normalized spacial score (nSPS) is 36.5. The third-order valence-corrected chi connectivity index (χ3v) is 5.15. The molecule has 0 spiro atoms. The van der Waals surface area contributed by atoms with Gasteiger partial charge >= 0.3 is 0 Å². The van der Waals surface area contributed by atoms with Crippen molar-refractivity contribution in [3.63, 3.8) is 0 Å². The summed E-state index contributed by atoms with van der Waals surface area (Å²) in [6.45, 7) is 9.58. The monoisotopic (exact) mass is 282 g/mol. The average molecular weight is 283 g/mol. The first-order valence-corrected chi connectivity index (χ1v) is 8.49. The van der Waals surface area contributed by atoms with E-state index >= 15 is 0 Å². The number of hydrogen-bond acceptors (Lipinski definition) is 2. The van der Waals surface area contributed by atoms with Crippen LogP contribution in [0.25, 0.3) is 0 Å². The molecule has 2 unspecified atom stereocenters. The Hall–Kier alpha value is -0.0800. The standard InChI is InChI=1S/C12H23N.C5H11N.CH4/c1-8(2)13-12-6-10-4-9(3)5-11(10)7-12;1-6-4-2-3-5-6;/h8-13H,4-7H2,1-3H3;2-5H2,1H3;1H4. The zero-order valence-electron chi connectivity index (χ0n) is 13.5. The molecule has 0 aromatic rings. The quantitative estimate of drug-likeness (QED) is 0.818. The van der Waals surface area contributed by atoms with Gasteiger partial charge in [0.2, 0.25) is 0 Å². The Morgan fingerprint density at radius 2 is 1.45 bits per heavy atom. The van der Waals surface area contributed by atoms with Crippen LogP contribution in [0.15, 0.2) is 0 Å². The molecule has 3 aliphatic rings. The molecule has 0 aromatic heterocycles. The predicted molar refractivity (Wildman–Crippen MR) is 90.1 cm³/mol. The number of nitrogens with zero attached hydrogens (tertiary/aromatic N) is 1. The summed E-state index contributed by atoms with van der Waals surface area (Å²) in [6, 6.07) is 1.50. The van der Waals surface area contributed by atoms with Gasteiger partial charge in [0.25, 0.3) is 0 Å². The van der Waals surface area contributed by atoms with Crippen molar-refractivity contribution >= 4 is 0 Å². The number of fused-ring (bicyclic) bond motifs is 1. The molecule has 2 saturated carbocycles. The summed E-state index contributed by atoms with van der Waals surface area (Å²) in [4.78, 5) is 2.36. The molecule has 1 N–H and O–H groups in total. The van der Waals surface area contributed by atoms with Gasteiger partial charge in [-0.3, -0.25) is 0 Å². The molecule has 1 aliphatic heterocycles. The first-order valence-electron chi connectivity index (χ1n) is 8.49. The van der Waals surface area contributed by atoms with Gasteiger partial charge in [-0.1, -0.05) is 28.2 Å². The highest BCUT2D eigenvalue weighted by Crippen LogP contribution is 2.46. The molecular weight excluding hydrogens is 244 g/mol. The van der Waals surface area contributed by atoms with E-state index in [0.29, 0.717) is 6.04 Å². The van der Waals surface area contributed by atoms with Crippen molar-refractivity contribution in [1.29, 1.82) is 0 Å². The molecule has 0 amide bonds. The fourth-order valence-electron chi connectivity index (χ4n) is 4.40. The van der Waals surface area contributed by atoms with Gasteiger partial charge in [0, 0.05) is 12.1 Å². The van der Waals surface area contributed by atoms with Crippen LogP contribution in [0, 0.1) is 17.8 Å². The van der Waals surface area contributed by atoms with Crippen molar-refractivity contribution in [2.24, 2.45) is 17.8 Å². The Bertz CT molecular complexity index is 244. The van der Waals surface area contributed by atoms with E-state index in [1.54, 1.807) is 0 Å². The number of rotatable bonds is 2. The molecule has 2 atom stereocenters. The minimum atomic E-state index is 0. The molecule has 2 aliphatic carbocycles. The van der Waals surface area contributed by atoms with Gasteiger partial charge < -0.3 is 10.2 Å². The summed E-state index contributed by atoms with van der Waals surface area (Å²) in [5.41, 5.74) is 0. The highest BCUT2D eigenvalue weighted by Gasteiger charge is 2.39. The van der Waals surface area contributed by atoms with Crippen LogP contribution in [0.2, 0.25) is 0 Å². The lowest BCUT2D eigenvalue weighted by Gasteiger charge is -2.17. The van der Waals surface area contributed by atoms with Gasteiger partial charge in [-0.15, -0.1) is 0 Å². The highest BCUT2D eigenvalue weighted by molar-refractivity contribution is 4.93. The molecule has 0 radical (unpaired) electrons. The van der Waals surface area contributed by atoms with E-state index < -0.39 is 0 Å². The summed E-state index contributed by atoms with van der Waals surface area (Å²) >= 11 is 0. The van der Waals surface area contributed by atoms with E-state index in [9.17, 15) is 0 Å². The van der Waals surface area contributed by atoms with E-state index in [1.165, 1.54) is 51.6 Å². The Morgan fingerprint density at radius 1 is 0.950 bits per heavy atom. The maximum absolute atomic E-state index is 3.69. The Morgan fingerprint density at radius 3 is 1.80 bits per heavy atom. The van der Waals surface area contributed by atoms with Crippen molar-refractivity contribution < 1.29 is 0 Å². The first kappa shape index (κ1) is 18.0. The highest BCUT2D eigenvalue weighted by atomic mass is 15.1. The molecule has 0 aromatic carbocycles. The summed E-state index contributed by atoms with van der Waals surface area (Å²) in [5.74, 6) is 3.13. The third-order valence-electron chi connectivity index (χ3n) is 5.15. The Labute approximate surface area is 127 Å². The molecular formula is C18H38N2. The van der Waals surface area contributed by atoms with Crippen molar-refractivity contribution in [2.45, 2.75) is 78.8 Å². The second kappa shape index (κ2) is 8.38. The van der Waals surface area contributed by atoms with Crippen LogP contribution in [0.3, 0.4) is 0 Å². The summed E-state index contributed by atoms with van der Waals surface area (Å²) in [7, 11) is 2.17. The van der Waals surface area contributed by atoms with Crippen LogP contribution >= 0.6 is 0 Å². The largest absolute Gasteiger partial charge is 0.312 e. The van der Waals surface area contributed by atoms with E-state index in [4.69, 9.17) is 0 Å². The average Bonchev–Trinajstić information content (AvgIpc) is 2.95. The molecule has 20 heavy (non-hydrogen) atoms. The summed E-state index contributed by atoms with van der Waals surface area (Å²) < 4.78 is 0. The first-order chi connectivity index (χ1) is 9.04. The Balaban J connectivity index is 0.000000243. The van der Waals surface area contributed by atoms with Crippen molar-refractivity contribution in [3.8, 4) is 0 Å². The van der Waals surface area contributed by atoms with Gasteiger partial charge in [-0.2, -0.15) is 0 Å². The third kappa shape index (κ3) is 5.37. The molecule has 2 nitrogen and oxygen atoms in total. The van der Waals surface area contributed by atoms with Gasteiger partial charge in [-0.05, 0) is 76.4 Å². The molecule has 1 saturated heterocycles. The fraction of sp³-hybridized carbons (Fsp3) is 1.00. The minimum absolute atomic E-state index is 0. The predicted octanol–water partition coefficient (Wildman–Crippen LogP) is 4.16. The second-order valence-corrected chi connectivity index (χ2v) is 7.60. The van der Waals surface area contributed by atoms with Crippen LogP contribution in [-0.4, -0.2) is 37.1 Å². The SMILES string of the molecule is C.CC1CC2CC(NC(C)C)CC2C1.CN1CCCC1. The van der Waals surface area contributed by atoms with Crippen LogP contribution in [0.5, 0.6) is 0 Å². The summed E-state index contributed by atoms with van der Waals surface area (Å²) in [5, 5.41) is 3.69. The molecule has 3 rings (SSSR count). The fourth-order valence-corrected chi connectivity index (χ4v) is 4.40. The van der Waals surface area contributed by atoms with Crippen molar-refractivity contribution in [2.75, 3.05) is 20.1 Å². The maximum Gasteiger partial charge on any atom is 0.00749 e. The van der Waals surface area contributed by atoms with Crippen LogP contribution in [-0.2, 0) is 0 Å². The van der Waals surface area contributed by atoms with E-state index in [-0.39, 0.29) is 7.43 Å². The lowest BCUT2D eigenvalue weighted by Crippen LogP contribution is -2.33. The topological polar surface area (TPSA) is 15.3 Å². The lowest BCUT2D eigenvalue weighted by atomic mass is 10.0. The molecule has 1 heterocycles. The minimum Gasteiger partial charge on any atom is -0.312 e. The van der Waals surface area contributed by atoms with Gasteiger partial charge in [0.1, 0.15) is 0 Å². The van der Waals surface area contributed by atoms with Crippen LogP contribution in [0.1, 0.15) is 66.7 Å². The van der Waals surface area contributed by atoms with Gasteiger partial charge in [-0.25, -0.2) is 0 Å². The Kier molecular flexibility index (Phi) is 7.53. The molecule has 2 heteroatoms. The summed E-state index contributed by atoms with van der Waals surface area (Å²) in [6.07, 6.45) is 8.73. The van der Waals surface area contributed by atoms with E-state index in [1.807, 2.05) is 0 Å². The zero-order chi connectivity index (χ0) is 13.8. The number of likely N-dealkylation sites (tertiary alicyclic amines) is 1. The van der Waals surface area contributed by atoms with Crippen molar-refractivity contribution in [3.05, 3.63) is 0 Å². The number of hydrogen-bond donors (Lipinski definition) is 1. The van der Waals surface area contributed by atoms with E-state index in [0.717, 1.165) is 23.8 Å². The van der Waals surface area contributed by atoms with Crippen LogP contribution < -0.4 is 5.32 Å². The van der Waals surface area contributed by atoms with E-state index in [2.05, 4.69) is 38.0 Å². The zero-order valence-corrected chi connectivity index (χ0v) is 13.5. The van der Waals surface area contributed by atoms with Crippen LogP contribution in [0.4, 0.5) is 0 Å². The number of nitrogens with one attached hydrogen (secondary N) is 1. The van der Waals surface area contributed by atoms with Gasteiger partial charge in [0.05, 0.1) is 0 Å². The maximum atomic E-state index is 3.69. The van der Waals surface area contributed by atoms with Gasteiger partial charge in [0.15, 0.2) is 0 Å².